The van der Waals surface area contributed by atoms with Crippen LogP contribution >= 0.6 is 0 Å². The summed E-state index contributed by atoms with van der Waals surface area (Å²) in [4.78, 5) is 7.75. The number of hydrogen-bond donors (Lipinski definition) is 2. The van der Waals surface area contributed by atoms with Crippen molar-refractivity contribution in [2.24, 2.45) is 0 Å². The first kappa shape index (κ1) is 9.42. The molecule has 0 aromatic carbocycles. The van der Waals surface area contributed by atoms with Gasteiger partial charge in [0.2, 0.25) is 0 Å². The van der Waals surface area contributed by atoms with Crippen LogP contribution in [0.2, 0.25) is 0 Å². The number of rotatable bonds is 3. The maximum absolute atomic E-state index is 8.77. The predicted octanol–water partition coefficient (Wildman–Crippen LogP) is 0.141. The molecule has 0 radical (unpaired) electrons. The Morgan fingerprint density at radius 2 is 2.31 bits per heavy atom. The van der Waals surface area contributed by atoms with E-state index in [9.17, 15) is 0 Å². The number of hydrogen-bond acceptors (Lipinski definition) is 5. The third kappa shape index (κ3) is 2.39. The van der Waals surface area contributed by atoms with Crippen molar-refractivity contribution >= 4 is 5.82 Å². The minimum absolute atomic E-state index is 0.0125. The van der Waals surface area contributed by atoms with Crippen molar-refractivity contribution in [3.05, 3.63) is 18.1 Å². The Morgan fingerprint density at radius 1 is 1.62 bits per heavy atom. The van der Waals surface area contributed by atoms with Gasteiger partial charge < -0.3 is 10.4 Å². The van der Waals surface area contributed by atoms with E-state index >= 15 is 0 Å². The zero-order valence-corrected chi connectivity index (χ0v) is 7.23. The van der Waals surface area contributed by atoms with Gasteiger partial charge in [0.1, 0.15) is 6.07 Å². The van der Waals surface area contributed by atoms with Gasteiger partial charge in [-0.3, -0.25) is 0 Å². The molecule has 0 saturated heterocycles. The Balaban J connectivity index is 2.82. The summed E-state index contributed by atoms with van der Waals surface area (Å²) in [5.74, 6) is 0.409. The molecule has 0 amide bonds. The molecule has 0 bridgehead atoms. The van der Waals surface area contributed by atoms with Gasteiger partial charge in [0.15, 0.2) is 11.5 Å². The van der Waals surface area contributed by atoms with Gasteiger partial charge in [-0.15, -0.1) is 0 Å². The fraction of sp³-hybridized carbons (Fsp3) is 0.375. The van der Waals surface area contributed by atoms with Crippen molar-refractivity contribution in [1.29, 1.82) is 5.26 Å². The minimum Gasteiger partial charge on any atom is -0.394 e. The third-order valence-corrected chi connectivity index (χ3v) is 1.46. The molecule has 0 aliphatic carbocycles. The molecule has 1 aromatic heterocycles. The molecule has 0 aliphatic rings. The van der Waals surface area contributed by atoms with Gasteiger partial charge in [0.05, 0.1) is 6.61 Å². The van der Waals surface area contributed by atoms with Crippen LogP contribution in [-0.2, 0) is 0 Å². The van der Waals surface area contributed by atoms with E-state index in [1.54, 1.807) is 6.92 Å². The number of aliphatic hydroxyl groups excluding tert-OH is 1. The second-order valence-electron chi connectivity index (χ2n) is 2.59. The van der Waals surface area contributed by atoms with Crippen LogP contribution in [-0.4, -0.2) is 27.7 Å². The van der Waals surface area contributed by atoms with Gasteiger partial charge in [-0.25, -0.2) is 9.97 Å². The van der Waals surface area contributed by atoms with Crippen LogP contribution < -0.4 is 5.32 Å². The van der Waals surface area contributed by atoms with Gasteiger partial charge in [-0.1, -0.05) is 0 Å². The molecule has 68 valence electrons. The van der Waals surface area contributed by atoms with Gasteiger partial charge in [-0.05, 0) is 6.92 Å². The molecule has 0 aliphatic heterocycles. The molecule has 0 spiro atoms. The van der Waals surface area contributed by atoms with E-state index in [2.05, 4.69) is 15.3 Å². The zero-order chi connectivity index (χ0) is 9.68. The molecule has 1 unspecified atom stereocenters. The van der Waals surface area contributed by atoms with Crippen molar-refractivity contribution in [3.8, 4) is 6.07 Å². The van der Waals surface area contributed by atoms with Crippen LogP contribution in [0.1, 0.15) is 12.6 Å². The van der Waals surface area contributed by atoms with Crippen LogP contribution in [0.3, 0.4) is 0 Å². The smallest absolute Gasteiger partial charge is 0.182 e. The van der Waals surface area contributed by atoms with Gasteiger partial charge in [0.25, 0.3) is 0 Å². The van der Waals surface area contributed by atoms with E-state index in [1.165, 1.54) is 12.4 Å². The summed E-state index contributed by atoms with van der Waals surface area (Å²) in [6.45, 7) is 1.78. The van der Waals surface area contributed by atoms with E-state index in [1.807, 2.05) is 6.07 Å². The average Bonchev–Trinajstić information content (AvgIpc) is 2.18. The lowest BCUT2D eigenvalue weighted by Crippen LogP contribution is -2.20. The predicted molar refractivity (Wildman–Crippen MR) is 46.9 cm³/mol. The van der Waals surface area contributed by atoms with Gasteiger partial charge >= 0.3 is 0 Å². The molecule has 1 aromatic rings. The molecule has 5 heteroatoms. The number of nitrogens with one attached hydrogen (secondary N) is 1. The van der Waals surface area contributed by atoms with E-state index in [-0.39, 0.29) is 18.3 Å². The van der Waals surface area contributed by atoms with E-state index in [0.29, 0.717) is 5.82 Å². The number of anilines is 1. The first-order valence-electron chi connectivity index (χ1n) is 3.86. The van der Waals surface area contributed by atoms with Gasteiger partial charge in [0, 0.05) is 18.4 Å². The standard InChI is InChI=1S/C8H10N4O/c1-6(5-13)12-8-7(4-9)10-2-3-11-8/h2-3,6,13H,5H2,1H3,(H,11,12). The first-order chi connectivity index (χ1) is 6.27. The fourth-order valence-corrected chi connectivity index (χ4v) is 0.805. The van der Waals surface area contributed by atoms with Crippen LogP contribution in [0.25, 0.3) is 0 Å². The summed E-state index contributed by atoms with van der Waals surface area (Å²) in [5.41, 5.74) is 0.239. The highest BCUT2D eigenvalue weighted by atomic mass is 16.3. The minimum atomic E-state index is -0.135. The molecule has 0 saturated carbocycles. The summed E-state index contributed by atoms with van der Waals surface area (Å²) in [6.07, 6.45) is 2.95. The molecular weight excluding hydrogens is 168 g/mol. The van der Waals surface area contributed by atoms with Crippen LogP contribution in [0.4, 0.5) is 5.82 Å². The SMILES string of the molecule is CC(CO)Nc1nccnc1C#N. The highest BCUT2D eigenvalue weighted by Crippen LogP contribution is 2.07. The number of nitrogens with zero attached hydrogens (tertiary/aromatic N) is 3. The Hall–Kier alpha value is -1.67. The lowest BCUT2D eigenvalue weighted by atomic mass is 10.3. The summed E-state index contributed by atoms with van der Waals surface area (Å²) >= 11 is 0. The molecule has 0 fully saturated rings. The molecular formula is C8H10N4O. The Kier molecular flexibility index (Phi) is 3.17. The maximum atomic E-state index is 8.77. The Labute approximate surface area is 76.1 Å². The zero-order valence-electron chi connectivity index (χ0n) is 7.23. The quantitative estimate of drug-likeness (QED) is 0.688. The highest BCUT2D eigenvalue weighted by Gasteiger charge is 2.06. The number of aromatic nitrogens is 2. The number of aliphatic hydroxyl groups is 1. The first-order valence-corrected chi connectivity index (χ1v) is 3.86. The molecule has 1 heterocycles. The summed E-state index contributed by atoms with van der Waals surface area (Å²) in [5, 5.41) is 20.3. The lowest BCUT2D eigenvalue weighted by Gasteiger charge is -2.10. The summed E-state index contributed by atoms with van der Waals surface area (Å²) < 4.78 is 0. The molecule has 1 rings (SSSR count). The van der Waals surface area contributed by atoms with Crippen molar-refractivity contribution in [3.63, 3.8) is 0 Å². The van der Waals surface area contributed by atoms with E-state index in [4.69, 9.17) is 10.4 Å². The second-order valence-corrected chi connectivity index (χ2v) is 2.59. The Bertz CT molecular complexity index is 320. The normalized spacial score (nSPS) is 11.8. The highest BCUT2D eigenvalue weighted by molar-refractivity contribution is 5.47. The van der Waals surface area contributed by atoms with Crippen molar-refractivity contribution in [2.45, 2.75) is 13.0 Å². The van der Waals surface area contributed by atoms with Crippen LogP contribution in [0.5, 0.6) is 0 Å². The molecule has 1 atom stereocenters. The molecule has 5 nitrogen and oxygen atoms in total. The monoisotopic (exact) mass is 178 g/mol. The second kappa shape index (κ2) is 4.38. The summed E-state index contributed by atoms with van der Waals surface area (Å²) in [7, 11) is 0. The fourth-order valence-electron chi connectivity index (χ4n) is 0.805. The lowest BCUT2D eigenvalue weighted by molar-refractivity contribution is 0.281. The topological polar surface area (TPSA) is 81.8 Å². The van der Waals surface area contributed by atoms with Crippen molar-refractivity contribution < 1.29 is 5.11 Å². The third-order valence-electron chi connectivity index (χ3n) is 1.46. The van der Waals surface area contributed by atoms with E-state index < -0.39 is 0 Å². The van der Waals surface area contributed by atoms with Crippen LogP contribution in [0.15, 0.2) is 12.4 Å². The average molecular weight is 178 g/mol. The van der Waals surface area contributed by atoms with Crippen LogP contribution in [0, 0.1) is 11.3 Å². The van der Waals surface area contributed by atoms with Crippen molar-refractivity contribution in [2.75, 3.05) is 11.9 Å². The largest absolute Gasteiger partial charge is 0.394 e. The summed E-state index contributed by atoms with van der Waals surface area (Å²) in [6, 6.07) is 1.77. The molecule has 13 heavy (non-hydrogen) atoms. The number of nitriles is 1. The maximum Gasteiger partial charge on any atom is 0.182 e. The Morgan fingerprint density at radius 3 is 2.92 bits per heavy atom. The molecule has 2 N–H and O–H groups in total. The van der Waals surface area contributed by atoms with E-state index in [0.717, 1.165) is 0 Å². The van der Waals surface area contributed by atoms with Gasteiger partial charge in [-0.2, -0.15) is 5.26 Å². The van der Waals surface area contributed by atoms with Crippen molar-refractivity contribution in [1.82, 2.24) is 9.97 Å².